The lowest BCUT2D eigenvalue weighted by molar-refractivity contribution is 0.583. The van der Waals surface area contributed by atoms with Crippen molar-refractivity contribution in [2.75, 3.05) is 0 Å². The Morgan fingerprint density at radius 3 is 2.69 bits per heavy atom. The molecule has 0 aliphatic rings. The third-order valence-corrected chi connectivity index (χ3v) is 5.20. The third kappa shape index (κ3) is 2.78. The molecule has 4 rings (SSSR count). The lowest BCUT2D eigenvalue weighted by Crippen LogP contribution is -2.17. The van der Waals surface area contributed by atoms with Gasteiger partial charge in [-0.05, 0) is 44.0 Å². The van der Waals surface area contributed by atoms with Crippen molar-refractivity contribution in [1.29, 1.82) is 0 Å². The molecular weight excluding hydrogens is 346 g/mol. The predicted octanol–water partition coefficient (Wildman–Crippen LogP) is 4.53. The predicted molar refractivity (Wildman–Crippen MR) is 105 cm³/mol. The summed E-state index contributed by atoms with van der Waals surface area (Å²) in [5.74, 6) is 0.655. The smallest absolute Gasteiger partial charge is 0.283 e. The third-order valence-electron chi connectivity index (χ3n) is 4.31. The highest BCUT2D eigenvalue weighted by atomic mass is 32.1. The molecule has 3 heterocycles. The number of furan rings is 1. The highest BCUT2D eigenvalue weighted by Crippen LogP contribution is 2.30. The summed E-state index contributed by atoms with van der Waals surface area (Å²) in [6, 6.07) is 7.84. The van der Waals surface area contributed by atoms with E-state index >= 15 is 0 Å². The van der Waals surface area contributed by atoms with E-state index in [0.717, 1.165) is 22.3 Å². The number of benzene rings is 1. The van der Waals surface area contributed by atoms with Gasteiger partial charge in [0.1, 0.15) is 16.9 Å². The van der Waals surface area contributed by atoms with Gasteiger partial charge in [0, 0.05) is 16.5 Å². The van der Waals surface area contributed by atoms with Gasteiger partial charge in [0.25, 0.3) is 5.56 Å². The fourth-order valence-corrected chi connectivity index (χ4v) is 4.02. The van der Waals surface area contributed by atoms with Crippen LogP contribution in [0.2, 0.25) is 0 Å². The van der Waals surface area contributed by atoms with Crippen LogP contribution in [-0.4, -0.2) is 15.9 Å². The van der Waals surface area contributed by atoms with Gasteiger partial charge in [-0.3, -0.25) is 4.79 Å². The fraction of sp³-hybridized carbons (Fsp3) is 0.150. The summed E-state index contributed by atoms with van der Waals surface area (Å²) in [7, 11) is 0. The van der Waals surface area contributed by atoms with Gasteiger partial charge in [-0.15, -0.1) is 11.3 Å². The molecule has 0 atom stereocenters. The molecule has 5 nitrogen and oxygen atoms in total. The van der Waals surface area contributed by atoms with Gasteiger partial charge < -0.3 is 4.42 Å². The van der Waals surface area contributed by atoms with Crippen molar-refractivity contribution in [1.82, 2.24) is 9.66 Å². The Labute approximate surface area is 154 Å². The SMILES string of the molecule is Cc1cc(C)c(/C=N\n2cnc3scc(-c4ccco4)c3c2=O)c(C)c1. The number of nitrogens with zero attached hydrogens (tertiary/aromatic N) is 3. The Kier molecular flexibility index (Phi) is 4.05. The second kappa shape index (κ2) is 6.38. The number of fused-ring (bicyclic) bond motifs is 1. The maximum Gasteiger partial charge on any atom is 0.283 e. The number of hydrogen-bond acceptors (Lipinski definition) is 5. The van der Waals surface area contributed by atoms with Crippen LogP contribution in [0, 0.1) is 20.8 Å². The van der Waals surface area contributed by atoms with Crippen LogP contribution >= 0.6 is 11.3 Å². The first kappa shape index (κ1) is 16.5. The number of aryl methyl sites for hydroxylation is 3. The summed E-state index contributed by atoms with van der Waals surface area (Å²) < 4.78 is 6.72. The van der Waals surface area contributed by atoms with E-state index in [1.54, 1.807) is 18.5 Å². The summed E-state index contributed by atoms with van der Waals surface area (Å²) >= 11 is 1.42. The molecule has 0 spiro atoms. The Morgan fingerprint density at radius 1 is 1.23 bits per heavy atom. The number of hydrogen-bond donors (Lipinski definition) is 0. The average molecular weight is 363 g/mol. The molecule has 0 saturated heterocycles. The molecule has 1 aromatic carbocycles. The van der Waals surface area contributed by atoms with Crippen molar-refractivity contribution in [3.05, 3.63) is 74.8 Å². The van der Waals surface area contributed by atoms with Gasteiger partial charge >= 0.3 is 0 Å². The maximum atomic E-state index is 12.9. The van der Waals surface area contributed by atoms with E-state index < -0.39 is 0 Å². The van der Waals surface area contributed by atoms with Crippen molar-refractivity contribution >= 4 is 27.8 Å². The zero-order chi connectivity index (χ0) is 18.3. The quantitative estimate of drug-likeness (QED) is 0.503. The molecule has 130 valence electrons. The molecule has 0 saturated carbocycles. The van der Waals surface area contributed by atoms with Gasteiger partial charge in [0.2, 0.25) is 0 Å². The van der Waals surface area contributed by atoms with Crippen LogP contribution in [0.5, 0.6) is 0 Å². The number of rotatable bonds is 3. The first-order valence-corrected chi connectivity index (χ1v) is 9.07. The molecule has 4 aromatic rings. The van der Waals surface area contributed by atoms with E-state index in [0.29, 0.717) is 16.0 Å². The second-order valence-electron chi connectivity index (χ2n) is 6.26. The van der Waals surface area contributed by atoms with Crippen molar-refractivity contribution < 1.29 is 4.42 Å². The summed E-state index contributed by atoms with van der Waals surface area (Å²) in [4.78, 5) is 18.0. The van der Waals surface area contributed by atoms with E-state index in [1.165, 1.54) is 27.9 Å². The van der Waals surface area contributed by atoms with Crippen LogP contribution in [0.1, 0.15) is 22.3 Å². The molecule has 0 radical (unpaired) electrons. The molecule has 0 N–H and O–H groups in total. The first-order chi connectivity index (χ1) is 12.5. The number of aromatic nitrogens is 2. The largest absolute Gasteiger partial charge is 0.464 e. The minimum absolute atomic E-state index is 0.207. The van der Waals surface area contributed by atoms with E-state index in [9.17, 15) is 4.79 Å². The number of thiophene rings is 1. The van der Waals surface area contributed by atoms with Crippen molar-refractivity contribution in [3.63, 3.8) is 0 Å². The Bertz CT molecular complexity index is 1160. The summed E-state index contributed by atoms with van der Waals surface area (Å²) in [5.41, 5.74) is 5.01. The van der Waals surface area contributed by atoms with Crippen LogP contribution in [0.25, 0.3) is 21.5 Å². The Morgan fingerprint density at radius 2 is 2.00 bits per heavy atom. The summed E-state index contributed by atoms with van der Waals surface area (Å²) in [6.45, 7) is 6.15. The summed E-state index contributed by atoms with van der Waals surface area (Å²) in [6.07, 6.45) is 4.77. The van der Waals surface area contributed by atoms with Crippen LogP contribution in [-0.2, 0) is 0 Å². The Balaban J connectivity index is 1.82. The fourth-order valence-electron chi connectivity index (χ4n) is 3.13. The standard InChI is InChI=1S/C20H17N3O2S/c1-12-7-13(2)15(14(3)8-12)9-22-23-11-21-19-18(20(23)24)16(10-26-19)17-5-4-6-25-17/h4-11H,1-3H3/b22-9-. The van der Waals surface area contributed by atoms with E-state index in [2.05, 4.69) is 29.1 Å². The minimum atomic E-state index is -0.207. The highest BCUT2D eigenvalue weighted by molar-refractivity contribution is 7.17. The van der Waals surface area contributed by atoms with Gasteiger partial charge in [0.15, 0.2) is 0 Å². The van der Waals surface area contributed by atoms with Gasteiger partial charge in [-0.2, -0.15) is 9.78 Å². The zero-order valence-electron chi connectivity index (χ0n) is 14.7. The normalized spacial score (nSPS) is 11.7. The first-order valence-electron chi connectivity index (χ1n) is 8.19. The lowest BCUT2D eigenvalue weighted by atomic mass is 10.0. The van der Waals surface area contributed by atoms with E-state index in [4.69, 9.17) is 4.42 Å². The van der Waals surface area contributed by atoms with Crippen molar-refractivity contribution in [2.24, 2.45) is 5.10 Å². The van der Waals surface area contributed by atoms with Crippen LogP contribution < -0.4 is 5.56 Å². The highest BCUT2D eigenvalue weighted by Gasteiger charge is 2.14. The summed E-state index contributed by atoms with van der Waals surface area (Å²) in [5, 5.41) is 6.79. The molecular formula is C20H17N3O2S. The van der Waals surface area contributed by atoms with Crippen LogP contribution in [0.4, 0.5) is 0 Å². The molecule has 3 aromatic heterocycles. The second-order valence-corrected chi connectivity index (χ2v) is 7.12. The van der Waals surface area contributed by atoms with Crippen molar-refractivity contribution in [3.8, 4) is 11.3 Å². The molecule has 0 unspecified atom stereocenters. The van der Waals surface area contributed by atoms with Gasteiger partial charge in [0.05, 0.1) is 17.9 Å². The zero-order valence-corrected chi connectivity index (χ0v) is 15.5. The topological polar surface area (TPSA) is 60.4 Å². The van der Waals surface area contributed by atoms with E-state index in [1.807, 2.05) is 25.3 Å². The molecule has 0 aliphatic heterocycles. The molecule has 0 aliphatic carbocycles. The molecule has 0 amide bonds. The Hall–Kier alpha value is -2.99. The molecule has 0 bridgehead atoms. The average Bonchev–Trinajstić information content (AvgIpc) is 3.24. The van der Waals surface area contributed by atoms with Crippen molar-refractivity contribution in [2.45, 2.75) is 20.8 Å². The van der Waals surface area contributed by atoms with Gasteiger partial charge in [-0.25, -0.2) is 4.98 Å². The minimum Gasteiger partial charge on any atom is -0.464 e. The molecule has 26 heavy (non-hydrogen) atoms. The monoisotopic (exact) mass is 363 g/mol. The van der Waals surface area contributed by atoms with E-state index in [-0.39, 0.29) is 5.56 Å². The van der Waals surface area contributed by atoms with Crippen LogP contribution in [0.15, 0.2) is 56.5 Å². The molecule has 0 fully saturated rings. The van der Waals surface area contributed by atoms with Crippen LogP contribution in [0.3, 0.4) is 0 Å². The maximum absolute atomic E-state index is 12.9. The van der Waals surface area contributed by atoms with Gasteiger partial charge in [-0.1, -0.05) is 17.7 Å². The molecule has 6 heteroatoms. The lowest BCUT2D eigenvalue weighted by Gasteiger charge is -2.06.